The molecule has 0 radical (unpaired) electrons. The SMILES string of the molecule is CC(=O)C1CCCCN1S(=O)(=O)C1CC1. The number of Topliss-reactive ketones (excluding diaryl/α,β-unsaturated/α-hetero) is 1. The van der Waals surface area contributed by atoms with Crippen molar-refractivity contribution < 1.29 is 13.2 Å². The van der Waals surface area contributed by atoms with Gasteiger partial charge in [0, 0.05) is 6.54 Å². The van der Waals surface area contributed by atoms with Crippen LogP contribution in [-0.2, 0) is 14.8 Å². The number of carbonyl (C=O) groups is 1. The monoisotopic (exact) mass is 231 g/mol. The normalized spacial score (nSPS) is 29.0. The van der Waals surface area contributed by atoms with E-state index in [1.165, 1.54) is 11.2 Å². The highest BCUT2D eigenvalue weighted by molar-refractivity contribution is 7.90. The zero-order chi connectivity index (χ0) is 11.1. The second-order valence-corrected chi connectivity index (χ2v) is 6.64. The van der Waals surface area contributed by atoms with Crippen molar-refractivity contribution in [3.63, 3.8) is 0 Å². The first-order valence-electron chi connectivity index (χ1n) is 5.54. The first kappa shape index (κ1) is 11.1. The molecule has 2 aliphatic rings. The van der Waals surface area contributed by atoms with Crippen molar-refractivity contribution in [1.82, 2.24) is 4.31 Å². The van der Waals surface area contributed by atoms with Gasteiger partial charge >= 0.3 is 0 Å². The molecule has 1 heterocycles. The molecular weight excluding hydrogens is 214 g/mol. The molecule has 0 N–H and O–H groups in total. The van der Waals surface area contributed by atoms with E-state index < -0.39 is 10.0 Å². The maximum Gasteiger partial charge on any atom is 0.217 e. The number of piperidine rings is 1. The zero-order valence-corrected chi connectivity index (χ0v) is 9.79. The van der Waals surface area contributed by atoms with Gasteiger partial charge in [-0.15, -0.1) is 0 Å². The lowest BCUT2D eigenvalue weighted by Gasteiger charge is -2.33. The van der Waals surface area contributed by atoms with E-state index >= 15 is 0 Å². The van der Waals surface area contributed by atoms with Gasteiger partial charge in [-0.25, -0.2) is 8.42 Å². The van der Waals surface area contributed by atoms with E-state index in [1.807, 2.05) is 0 Å². The molecule has 0 aromatic heterocycles. The lowest BCUT2D eigenvalue weighted by atomic mass is 10.0. The van der Waals surface area contributed by atoms with Crippen LogP contribution in [0.4, 0.5) is 0 Å². The molecule has 4 nitrogen and oxygen atoms in total. The van der Waals surface area contributed by atoms with Gasteiger partial charge in [0.1, 0.15) is 5.78 Å². The minimum absolute atomic E-state index is 0.0149. The largest absolute Gasteiger partial charge is 0.298 e. The van der Waals surface area contributed by atoms with Crippen molar-refractivity contribution in [1.29, 1.82) is 0 Å². The predicted molar refractivity (Wildman–Crippen MR) is 57.0 cm³/mol. The Hall–Kier alpha value is -0.420. The van der Waals surface area contributed by atoms with E-state index in [0.29, 0.717) is 13.0 Å². The van der Waals surface area contributed by atoms with Gasteiger partial charge in [-0.3, -0.25) is 4.79 Å². The molecule has 0 amide bonds. The number of carbonyl (C=O) groups excluding carboxylic acids is 1. The molecule has 0 aromatic rings. The third-order valence-corrected chi connectivity index (χ3v) is 5.60. The molecule has 2 fully saturated rings. The van der Waals surface area contributed by atoms with Crippen LogP contribution >= 0.6 is 0 Å². The Balaban J connectivity index is 2.20. The number of rotatable bonds is 3. The maximum absolute atomic E-state index is 12.0. The van der Waals surface area contributed by atoms with Gasteiger partial charge in [-0.05, 0) is 32.6 Å². The summed E-state index contributed by atoms with van der Waals surface area (Å²) < 4.78 is 25.5. The lowest BCUT2D eigenvalue weighted by Crippen LogP contribution is -2.48. The average Bonchev–Trinajstić information content (AvgIpc) is 3.01. The number of sulfonamides is 1. The van der Waals surface area contributed by atoms with Crippen LogP contribution in [0.25, 0.3) is 0 Å². The van der Waals surface area contributed by atoms with Crippen molar-refractivity contribution in [2.75, 3.05) is 6.54 Å². The smallest absolute Gasteiger partial charge is 0.217 e. The summed E-state index contributed by atoms with van der Waals surface area (Å²) in [7, 11) is -3.17. The standard InChI is InChI=1S/C10H17NO3S/c1-8(12)10-4-2-3-7-11(10)15(13,14)9-5-6-9/h9-10H,2-7H2,1H3. The molecular formula is C10H17NO3S. The van der Waals surface area contributed by atoms with Gasteiger partial charge in [0.15, 0.2) is 0 Å². The van der Waals surface area contributed by atoms with Crippen molar-refractivity contribution >= 4 is 15.8 Å². The van der Waals surface area contributed by atoms with Crippen molar-refractivity contribution in [2.45, 2.75) is 50.3 Å². The molecule has 1 atom stereocenters. The molecule has 1 saturated carbocycles. The summed E-state index contributed by atoms with van der Waals surface area (Å²) in [6.45, 7) is 2.02. The van der Waals surface area contributed by atoms with Crippen molar-refractivity contribution in [3.05, 3.63) is 0 Å². The fourth-order valence-corrected chi connectivity index (χ4v) is 4.28. The van der Waals surface area contributed by atoms with E-state index in [2.05, 4.69) is 0 Å². The number of ketones is 1. The maximum atomic E-state index is 12.0. The van der Waals surface area contributed by atoms with Crippen LogP contribution in [0, 0.1) is 0 Å². The Morgan fingerprint density at radius 1 is 1.20 bits per heavy atom. The Morgan fingerprint density at radius 3 is 2.40 bits per heavy atom. The van der Waals surface area contributed by atoms with Crippen molar-refractivity contribution in [3.8, 4) is 0 Å². The van der Waals surface area contributed by atoms with Crippen LogP contribution in [0.15, 0.2) is 0 Å². The highest BCUT2D eigenvalue weighted by Crippen LogP contribution is 2.34. The Kier molecular flexibility index (Phi) is 2.85. The summed E-state index contributed by atoms with van der Waals surface area (Å²) in [6.07, 6.45) is 4.07. The fourth-order valence-electron chi connectivity index (χ4n) is 2.17. The van der Waals surface area contributed by atoms with Gasteiger partial charge in [-0.2, -0.15) is 4.31 Å². The number of hydrogen-bond acceptors (Lipinski definition) is 3. The van der Waals surface area contributed by atoms with Crippen LogP contribution in [-0.4, -0.2) is 36.3 Å². The number of hydrogen-bond donors (Lipinski definition) is 0. The number of nitrogens with zero attached hydrogens (tertiary/aromatic N) is 1. The topological polar surface area (TPSA) is 54.5 Å². The third-order valence-electron chi connectivity index (χ3n) is 3.20. The Labute approximate surface area is 90.7 Å². The molecule has 86 valence electrons. The molecule has 15 heavy (non-hydrogen) atoms. The summed E-state index contributed by atoms with van der Waals surface area (Å²) in [5, 5.41) is -0.197. The van der Waals surface area contributed by atoms with Gasteiger partial charge in [0.2, 0.25) is 10.0 Å². The Morgan fingerprint density at radius 2 is 1.87 bits per heavy atom. The molecule has 1 unspecified atom stereocenters. The van der Waals surface area contributed by atoms with Crippen LogP contribution in [0.1, 0.15) is 39.0 Å². The quantitative estimate of drug-likeness (QED) is 0.726. The highest BCUT2D eigenvalue weighted by Gasteiger charge is 2.44. The highest BCUT2D eigenvalue weighted by atomic mass is 32.2. The van der Waals surface area contributed by atoms with E-state index in [9.17, 15) is 13.2 Å². The molecule has 1 saturated heterocycles. The van der Waals surface area contributed by atoms with Gasteiger partial charge in [0.25, 0.3) is 0 Å². The second-order valence-electron chi connectivity index (χ2n) is 4.48. The second kappa shape index (κ2) is 3.87. The Bertz CT molecular complexity index is 359. The minimum Gasteiger partial charge on any atom is -0.298 e. The third kappa shape index (κ3) is 2.08. The minimum atomic E-state index is -3.17. The van der Waals surface area contributed by atoms with E-state index in [4.69, 9.17) is 0 Å². The summed E-state index contributed by atoms with van der Waals surface area (Å²) in [5.74, 6) is -0.0149. The van der Waals surface area contributed by atoms with Gasteiger partial charge < -0.3 is 0 Å². The van der Waals surface area contributed by atoms with Crippen molar-refractivity contribution in [2.24, 2.45) is 0 Å². The first-order valence-corrected chi connectivity index (χ1v) is 7.05. The summed E-state index contributed by atoms with van der Waals surface area (Å²) in [6, 6.07) is -0.385. The van der Waals surface area contributed by atoms with E-state index in [-0.39, 0.29) is 17.1 Å². The zero-order valence-electron chi connectivity index (χ0n) is 8.98. The molecule has 0 bridgehead atoms. The van der Waals surface area contributed by atoms with Crippen LogP contribution < -0.4 is 0 Å². The van der Waals surface area contributed by atoms with Crippen LogP contribution in [0.5, 0.6) is 0 Å². The molecule has 5 heteroatoms. The average molecular weight is 231 g/mol. The van der Waals surface area contributed by atoms with E-state index in [0.717, 1.165) is 25.7 Å². The molecule has 1 aliphatic heterocycles. The van der Waals surface area contributed by atoms with Gasteiger partial charge in [0.05, 0.1) is 11.3 Å². The fraction of sp³-hybridized carbons (Fsp3) is 0.900. The summed E-state index contributed by atoms with van der Waals surface area (Å²) in [5.41, 5.74) is 0. The molecule has 0 spiro atoms. The summed E-state index contributed by atoms with van der Waals surface area (Å²) >= 11 is 0. The molecule has 0 aromatic carbocycles. The molecule has 1 aliphatic carbocycles. The first-order chi connectivity index (χ1) is 7.03. The predicted octanol–water partition coefficient (Wildman–Crippen LogP) is 0.922. The van der Waals surface area contributed by atoms with Crippen LogP contribution in [0.3, 0.4) is 0 Å². The molecule has 2 rings (SSSR count). The van der Waals surface area contributed by atoms with E-state index in [1.54, 1.807) is 0 Å². The van der Waals surface area contributed by atoms with Gasteiger partial charge in [-0.1, -0.05) is 6.42 Å². The summed E-state index contributed by atoms with van der Waals surface area (Å²) in [4.78, 5) is 11.4. The lowest BCUT2D eigenvalue weighted by molar-refractivity contribution is -0.121. The van der Waals surface area contributed by atoms with Crippen LogP contribution in [0.2, 0.25) is 0 Å².